The summed E-state index contributed by atoms with van der Waals surface area (Å²) < 4.78 is 5.01. The quantitative estimate of drug-likeness (QED) is 0.0375. The highest BCUT2D eigenvalue weighted by molar-refractivity contribution is 5.85. The molecule has 0 aliphatic carbocycles. The number of carboxylic acids is 1. The molecule has 0 aromatic rings. The van der Waals surface area contributed by atoms with Crippen LogP contribution in [0.25, 0.3) is 0 Å². The van der Waals surface area contributed by atoms with Gasteiger partial charge in [0.2, 0.25) is 0 Å². The third-order valence-corrected chi connectivity index (χ3v) is 12.2. The molecule has 0 aromatic heterocycles. The lowest BCUT2D eigenvalue weighted by atomic mass is 10.0. The number of unbranched alkanes of at least 4 members (excludes halogenated alkanes) is 42. The molecular weight excluding hydrogens is 729 g/mol. The normalized spacial score (nSPS) is 11.1. The van der Waals surface area contributed by atoms with E-state index in [1.54, 1.807) is 0 Å². The Hall–Kier alpha value is -1.39. The van der Waals surface area contributed by atoms with Gasteiger partial charge in [-0.1, -0.05) is 290 Å². The summed E-state index contributed by atoms with van der Waals surface area (Å²) in [5.41, 5.74) is 0. The van der Waals surface area contributed by atoms with E-state index in [1.165, 1.54) is 250 Å². The number of hydrogen-bond donors (Lipinski definition) is 1. The zero-order chi connectivity index (χ0) is 43.4. The summed E-state index contributed by atoms with van der Waals surface area (Å²) in [6.07, 6.45) is 60.3. The van der Waals surface area contributed by atoms with E-state index in [1.807, 2.05) is 0 Å². The Balaban J connectivity index is 0. The van der Waals surface area contributed by atoms with Gasteiger partial charge < -0.3 is 9.84 Å². The average molecular weight is 835 g/mol. The Kier molecular flexibility index (Phi) is 55.3. The van der Waals surface area contributed by atoms with Crippen LogP contribution in [0, 0.1) is 0 Å². The second-order valence-corrected chi connectivity index (χ2v) is 18.3. The highest BCUT2D eigenvalue weighted by Gasteiger charge is 2.10. The minimum absolute atomic E-state index is 0.323. The van der Waals surface area contributed by atoms with E-state index in [2.05, 4.69) is 20.8 Å². The van der Waals surface area contributed by atoms with Gasteiger partial charge in [-0.3, -0.25) is 14.4 Å². The molecule has 0 saturated heterocycles. The second kappa shape index (κ2) is 54.6. The third kappa shape index (κ3) is 58.7. The molecule has 0 atom stereocenters. The number of ether oxygens (including phenoxy) is 1. The molecule has 352 valence electrons. The van der Waals surface area contributed by atoms with Crippen LogP contribution in [-0.4, -0.2) is 23.0 Å². The van der Waals surface area contributed by atoms with Crippen LogP contribution in [0.3, 0.4) is 0 Å². The molecule has 5 heteroatoms. The van der Waals surface area contributed by atoms with Crippen LogP contribution < -0.4 is 0 Å². The van der Waals surface area contributed by atoms with Gasteiger partial charge in [0, 0.05) is 19.3 Å². The van der Waals surface area contributed by atoms with Gasteiger partial charge in [0.15, 0.2) is 0 Å². The van der Waals surface area contributed by atoms with E-state index in [0.29, 0.717) is 19.3 Å². The van der Waals surface area contributed by atoms with Crippen molar-refractivity contribution < 1.29 is 24.2 Å². The number of aliphatic carboxylic acids is 1. The molecule has 0 aromatic carbocycles. The average Bonchev–Trinajstić information content (AvgIpc) is 3.22. The van der Waals surface area contributed by atoms with Crippen molar-refractivity contribution in [2.45, 2.75) is 329 Å². The third-order valence-electron chi connectivity index (χ3n) is 12.2. The van der Waals surface area contributed by atoms with Crippen molar-refractivity contribution in [3.05, 3.63) is 0 Å². The second-order valence-electron chi connectivity index (χ2n) is 18.3. The molecule has 0 amide bonds. The summed E-state index contributed by atoms with van der Waals surface area (Å²) in [6.45, 7) is 6.82. The number of rotatable bonds is 48. The molecule has 0 aliphatic rings. The van der Waals surface area contributed by atoms with Gasteiger partial charge in [0.1, 0.15) is 0 Å². The van der Waals surface area contributed by atoms with Crippen LogP contribution in [0.4, 0.5) is 0 Å². The Morgan fingerprint density at radius 3 is 0.576 bits per heavy atom. The molecule has 1 N–H and O–H groups in total. The summed E-state index contributed by atoms with van der Waals surface area (Å²) in [7, 11) is 0. The monoisotopic (exact) mass is 835 g/mol. The van der Waals surface area contributed by atoms with Gasteiger partial charge >= 0.3 is 17.9 Å². The van der Waals surface area contributed by atoms with Gasteiger partial charge in [-0.05, 0) is 19.3 Å². The van der Waals surface area contributed by atoms with Crippen molar-refractivity contribution >= 4 is 17.9 Å². The standard InChI is InChI=1S/C36H70O3.C18H36O2/c1-3-5-7-9-11-13-15-17-19-21-23-25-27-29-31-33-35(37)39-36(38)34-32-30-28-26-24-22-20-18-16-14-12-10-8-6-4-2;1-2-3-4-5-6-7-8-9-10-11-12-13-14-15-16-17-18(19)20/h3-34H2,1-2H3;2-17H2,1H3,(H,19,20). The van der Waals surface area contributed by atoms with E-state index in [9.17, 15) is 14.4 Å². The topological polar surface area (TPSA) is 80.7 Å². The molecule has 0 saturated carbocycles. The predicted molar refractivity (Wildman–Crippen MR) is 257 cm³/mol. The summed E-state index contributed by atoms with van der Waals surface area (Å²) in [5, 5.41) is 8.52. The van der Waals surface area contributed by atoms with Crippen LogP contribution >= 0.6 is 0 Å². The van der Waals surface area contributed by atoms with Crippen LogP contribution in [-0.2, 0) is 19.1 Å². The molecule has 0 fully saturated rings. The van der Waals surface area contributed by atoms with E-state index in [-0.39, 0.29) is 11.9 Å². The van der Waals surface area contributed by atoms with E-state index < -0.39 is 5.97 Å². The summed E-state index contributed by atoms with van der Waals surface area (Å²) in [5.74, 6) is -1.30. The first-order chi connectivity index (χ1) is 29.0. The Morgan fingerprint density at radius 1 is 0.254 bits per heavy atom. The molecule has 0 bridgehead atoms. The van der Waals surface area contributed by atoms with Crippen molar-refractivity contribution in [1.82, 2.24) is 0 Å². The van der Waals surface area contributed by atoms with E-state index in [0.717, 1.165) is 38.5 Å². The number of carbonyl (C=O) groups is 3. The number of hydrogen-bond acceptors (Lipinski definition) is 4. The molecule has 0 rings (SSSR count). The number of carboxylic acid groups (broad SMARTS) is 1. The lowest BCUT2D eigenvalue weighted by Crippen LogP contribution is -2.11. The molecule has 5 nitrogen and oxygen atoms in total. The minimum atomic E-state index is -0.653. The highest BCUT2D eigenvalue weighted by Crippen LogP contribution is 2.17. The molecule has 0 radical (unpaired) electrons. The lowest BCUT2D eigenvalue weighted by molar-refractivity contribution is -0.159. The maximum absolute atomic E-state index is 11.9. The van der Waals surface area contributed by atoms with Crippen molar-refractivity contribution in [1.29, 1.82) is 0 Å². The SMILES string of the molecule is CCCCCCCCCCCCCCCCCC(=O)O.CCCCCCCCCCCCCCCCCC(=O)OC(=O)CCCCCCCCCCCCCCCCC. The van der Waals surface area contributed by atoms with Gasteiger partial charge in [-0.2, -0.15) is 0 Å². The molecule has 0 spiro atoms. The van der Waals surface area contributed by atoms with Crippen LogP contribution in [0.1, 0.15) is 329 Å². The maximum Gasteiger partial charge on any atom is 0.313 e. The molecule has 59 heavy (non-hydrogen) atoms. The zero-order valence-corrected chi connectivity index (χ0v) is 40.5. The van der Waals surface area contributed by atoms with Crippen LogP contribution in [0.5, 0.6) is 0 Å². The summed E-state index contributed by atoms with van der Waals surface area (Å²) >= 11 is 0. The minimum Gasteiger partial charge on any atom is -0.481 e. The van der Waals surface area contributed by atoms with Crippen molar-refractivity contribution in [2.24, 2.45) is 0 Å². The van der Waals surface area contributed by atoms with Crippen LogP contribution in [0.15, 0.2) is 0 Å². The molecule has 0 unspecified atom stereocenters. The van der Waals surface area contributed by atoms with E-state index >= 15 is 0 Å². The van der Waals surface area contributed by atoms with Gasteiger partial charge in [0.25, 0.3) is 0 Å². The first-order valence-electron chi connectivity index (χ1n) is 26.9. The predicted octanol–water partition coefficient (Wildman–Crippen LogP) is 18.9. The van der Waals surface area contributed by atoms with Gasteiger partial charge in [0.05, 0.1) is 0 Å². The van der Waals surface area contributed by atoms with Gasteiger partial charge in [-0.15, -0.1) is 0 Å². The van der Waals surface area contributed by atoms with Crippen molar-refractivity contribution in [3.63, 3.8) is 0 Å². The van der Waals surface area contributed by atoms with Crippen molar-refractivity contribution in [3.8, 4) is 0 Å². The summed E-state index contributed by atoms with van der Waals surface area (Å²) in [4.78, 5) is 34.1. The Morgan fingerprint density at radius 2 is 0.407 bits per heavy atom. The fourth-order valence-electron chi connectivity index (χ4n) is 8.16. The fraction of sp³-hybridized carbons (Fsp3) is 0.944. The Labute approximate surface area is 369 Å². The summed E-state index contributed by atoms with van der Waals surface area (Å²) in [6, 6.07) is 0. The lowest BCUT2D eigenvalue weighted by Gasteiger charge is -2.05. The van der Waals surface area contributed by atoms with E-state index in [4.69, 9.17) is 9.84 Å². The highest BCUT2D eigenvalue weighted by atomic mass is 16.6. The Bertz CT molecular complexity index is 782. The maximum atomic E-state index is 11.9. The first kappa shape index (κ1) is 59.7. The molecule has 0 aliphatic heterocycles. The largest absolute Gasteiger partial charge is 0.481 e. The molecule has 0 heterocycles. The molecular formula is C54H106O5. The smallest absolute Gasteiger partial charge is 0.313 e. The number of carbonyl (C=O) groups excluding carboxylic acids is 2. The van der Waals surface area contributed by atoms with Gasteiger partial charge in [-0.25, -0.2) is 0 Å². The first-order valence-corrected chi connectivity index (χ1v) is 26.9. The van der Waals surface area contributed by atoms with Crippen LogP contribution in [0.2, 0.25) is 0 Å². The fourth-order valence-corrected chi connectivity index (χ4v) is 8.16. The number of esters is 2. The van der Waals surface area contributed by atoms with Crippen molar-refractivity contribution in [2.75, 3.05) is 0 Å². The zero-order valence-electron chi connectivity index (χ0n) is 40.5.